The van der Waals surface area contributed by atoms with E-state index in [2.05, 4.69) is 16.0 Å². The number of hydrogen-bond donors (Lipinski definition) is 3. The van der Waals surface area contributed by atoms with Crippen LogP contribution in [0.4, 0.5) is 5.69 Å². The maximum atomic E-state index is 13.0. The molecule has 3 N–H and O–H groups in total. The summed E-state index contributed by atoms with van der Waals surface area (Å²) in [5, 5.41) is 8.30. The second-order valence-corrected chi connectivity index (χ2v) is 11.7. The fourth-order valence-corrected chi connectivity index (χ4v) is 5.81. The summed E-state index contributed by atoms with van der Waals surface area (Å²) >= 11 is 0. The van der Waals surface area contributed by atoms with Crippen molar-refractivity contribution < 1.29 is 38.2 Å². The van der Waals surface area contributed by atoms with E-state index in [4.69, 9.17) is 14.2 Å². The van der Waals surface area contributed by atoms with Crippen molar-refractivity contribution in [1.29, 1.82) is 0 Å². The van der Waals surface area contributed by atoms with Crippen molar-refractivity contribution in [1.82, 2.24) is 15.5 Å². The van der Waals surface area contributed by atoms with E-state index in [0.29, 0.717) is 30.3 Å². The topological polar surface area (TPSA) is 152 Å². The monoisotopic (exact) mass is 656 g/mol. The lowest BCUT2D eigenvalue weighted by molar-refractivity contribution is -0.136. The summed E-state index contributed by atoms with van der Waals surface area (Å²) < 4.78 is 16.4. The van der Waals surface area contributed by atoms with E-state index in [1.165, 1.54) is 5.56 Å². The van der Waals surface area contributed by atoms with Crippen molar-refractivity contribution in [2.24, 2.45) is 0 Å². The third-order valence-corrected chi connectivity index (χ3v) is 8.34. The largest absolute Gasteiger partial charge is 0.493 e. The Balaban J connectivity index is 0.978. The van der Waals surface area contributed by atoms with Gasteiger partial charge in [0, 0.05) is 25.2 Å². The lowest BCUT2D eigenvalue weighted by Gasteiger charge is -2.27. The maximum absolute atomic E-state index is 13.0. The summed E-state index contributed by atoms with van der Waals surface area (Å²) in [5.41, 5.74) is 3.43. The van der Waals surface area contributed by atoms with E-state index in [1.807, 2.05) is 42.5 Å². The van der Waals surface area contributed by atoms with Crippen LogP contribution in [0, 0.1) is 0 Å². The Labute approximate surface area is 279 Å². The highest BCUT2D eigenvalue weighted by Gasteiger charge is 2.44. The summed E-state index contributed by atoms with van der Waals surface area (Å²) in [6.45, 7) is 0.992. The van der Waals surface area contributed by atoms with Gasteiger partial charge >= 0.3 is 0 Å². The fraction of sp³-hybridized carbons (Fsp3) is 0.361. The van der Waals surface area contributed by atoms with Crippen molar-refractivity contribution >= 4 is 35.2 Å². The van der Waals surface area contributed by atoms with E-state index in [9.17, 15) is 24.0 Å². The number of nitrogens with one attached hydrogen (secondary N) is 3. The van der Waals surface area contributed by atoms with Gasteiger partial charge in [-0.1, -0.05) is 18.2 Å². The standard InChI is InChI=1S/C36H40N4O8/c1-46-30-15-11-24(20-31(30)47-2)8-5-7-23-9-6-10-26(19-23)48-22-33(42)38-18-4-3-17-37-25-12-13-27-28(21-25)36(45)40(35(27)44)29-14-16-32(41)39-34(29)43/h6,9-13,15,19-21,29,37H,3-5,7-8,14,16-18,22H2,1-2H3,(H,38,42)(H,39,41,43). The minimum absolute atomic E-state index is 0.0717. The number of piperidine rings is 1. The maximum Gasteiger partial charge on any atom is 0.262 e. The van der Waals surface area contributed by atoms with Crippen LogP contribution in [0.25, 0.3) is 0 Å². The zero-order chi connectivity index (χ0) is 34.0. The van der Waals surface area contributed by atoms with Gasteiger partial charge in [-0.15, -0.1) is 0 Å². The van der Waals surface area contributed by atoms with Crippen LogP contribution in [-0.2, 0) is 27.2 Å². The normalized spacial score (nSPS) is 15.5. The van der Waals surface area contributed by atoms with Crippen molar-refractivity contribution in [3.05, 3.63) is 82.9 Å². The number of anilines is 1. The number of hydrogen-bond acceptors (Lipinski definition) is 9. The van der Waals surface area contributed by atoms with Gasteiger partial charge in [-0.3, -0.25) is 34.2 Å². The number of unbranched alkanes of at least 4 members (excludes halogenated alkanes) is 1. The summed E-state index contributed by atoms with van der Waals surface area (Å²) in [7, 11) is 3.25. The van der Waals surface area contributed by atoms with Gasteiger partial charge in [0.15, 0.2) is 18.1 Å². The Kier molecular flexibility index (Phi) is 11.3. The van der Waals surface area contributed by atoms with Gasteiger partial charge in [-0.2, -0.15) is 0 Å². The first-order valence-electron chi connectivity index (χ1n) is 16.1. The lowest BCUT2D eigenvalue weighted by atomic mass is 10.0. The van der Waals surface area contributed by atoms with Gasteiger partial charge in [-0.25, -0.2) is 0 Å². The first kappa shape index (κ1) is 34.0. The SMILES string of the molecule is COc1ccc(CCCc2cccc(OCC(=O)NCCCCNc3ccc4c(c3)C(=O)N(C3CCC(=O)NC3=O)C4=O)c2)cc1OC. The lowest BCUT2D eigenvalue weighted by Crippen LogP contribution is -2.54. The number of amides is 5. The van der Waals surface area contributed by atoms with Crippen LogP contribution < -0.4 is 30.2 Å². The molecule has 252 valence electrons. The highest BCUT2D eigenvalue weighted by Crippen LogP contribution is 2.30. The predicted molar refractivity (Wildman–Crippen MR) is 177 cm³/mol. The number of aryl methyl sites for hydroxylation is 2. The van der Waals surface area contributed by atoms with Crippen molar-refractivity contribution in [3.8, 4) is 17.2 Å². The van der Waals surface area contributed by atoms with Crippen LogP contribution in [0.15, 0.2) is 60.7 Å². The molecule has 2 heterocycles. The Hall–Kier alpha value is -5.39. The molecule has 0 radical (unpaired) electrons. The summed E-state index contributed by atoms with van der Waals surface area (Å²) in [6, 6.07) is 17.6. The van der Waals surface area contributed by atoms with E-state index in [0.717, 1.165) is 48.3 Å². The molecule has 5 amide bonds. The minimum atomic E-state index is -0.996. The van der Waals surface area contributed by atoms with Crippen molar-refractivity contribution in [2.75, 3.05) is 39.2 Å². The number of carbonyl (C=O) groups is 5. The fourth-order valence-electron chi connectivity index (χ4n) is 5.81. The number of nitrogens with zero attached hydrogens (tertiary/aromatic N) is 1. The minimum Gasteiger partial charge on any atom is -0.493 e. The third kappa shape index (κ3) is 8.30. The van der Waals surface area contributed by atoms with E-state index >= 15 is 0 Å². The zero-order valence-corrected chi connectivity index (χ0v) is 27.1. The number of rotatable bonds is 16. The number of methoxy groups -OCH3 is 2. The van der Waals surface area contributed by atoms with Crippen LogP contribution >= 0.6 is 0 Å². The van der Waals surface area contributed by atoms with Crippen molar-refractivity contribution in [2.45, 2.75) is 51.0 Å². The molecule has 1 fully saturated rings. The molecule has 5 rings (SSSR count). The van der Waals surface area contributed by atoms with Crippen LogP contribution in [0.5, 0.6) is 17.2 Å². The first-order valence-corrected chi connectivity index (χ1v) is 16.1. The molecule has 0 saturated carbocycles. The summed E-state index contributed by atoms with van der Waals surface area (Å²) in [4.78, 5) is 62.9. The van der Waals surface area contributed by atoms with E-state index in [-0.39, 0.29) is 36.5 Å². The second-order valence-electron chi connectivity index (χ2n) is 11.7. The van der Waals surface area contributed by atoms with Crippen LogP contribution in [0.2, 0.25) is 0 Å². The molecule has 1 atom stereocenters. The number of carbonyl (C=O) groups excluding carboxylic acids is 5. The molecule has 12 heteroatoms. The Morgan fingerprint density at radius 1 is 0.833 bits per heavy atom. The molecule has 2 aliphatic rings. The van der Waals surface area contributed by atoms with Gasteiger partial charge in [0.2, 0.25) is 11.8 Å². The Morgan fingerprint density at radius 2 is 1.58 bits per heavy atom. The van der Waals surface area contributed by atoms with Gasteiger partial charge in [0.25, 0.3) is 17.7 Å². The molecule has 0 aromatic heterocycles. The Bertz CT molecular complexity index is 1690. The van der Waals surface area contributed by atoms with Crippen LogP contribution in [0.1, 0.15) is 63.9 Å². The van der Waals surface area contributed by atoms with E-state index < -0.39 is 29.7 Å². The molecule has 0 aliphatic carbocycles. The number of imide groups is 2. The third-order valence-electron chi connectivity index (χ3n) is 8.34. The molecule has 3 aromatic rings. The molecule has 0 spiro atoms. The smallest absolute Gasteiger partial charge is 0.262 e. The molecule has 1 saturated heterocycles. The van der Waals surface area contributed by atoms with E-state index in [1.54, 1.807) is 32.4 Å². The molecule has 3 aromatic carbocycles. The first-order chi connectivity index (χ1) is 23.3. The molecule has 0 bridgehead atoms. The van der Waals surface area contributed by atoms with Gasteiger partial charge in [0.05, 0.1) is 25.3 Å². The quantitative estimate of drug-likeness (QED) is 0.155. The van der Waals surface area contributed by atoms with Gasteiger partial charge in [-0.05, 0) is 92.1 Å². The predicted octanol–water partition coefficient (Wildman–Crippen LogP) is 3.67. The zero-order valence-electron chi connectivity index (χ0n) is 27.1. The van der Waals surface area contributed by atoms with Gasteiger partial charge in [0.1, 0.15) is 11.8 Å². The van der Waals surface area contributed by atoms with Gasteiger partial charge < -0.3 is 24.8 Å². The van der Waals surface area contributed by atoms with Crippen LogP contribution in [0.3, 0.4) is 0 Å². The number of fused-ring (bicyclic) bond motifs is 1. The molecule has 1 unspecified atom stereocenters. The molecule has 2 aliphatic heterocycles. The molecule has 48 heavy (non-hydrogen) atoms. The number of benzene rings is 3. The second kappa shape index (κ2) is 15.9. The average molecular weight is 657 g/mol. The molecular weight excluding hydrogens is 616 g/mol. The highest BCUT2D eigenvalue weighted by molar-refractivity contribution is 6.23. The highest BCUT2D eigenvalue weighted by atomic mass is 16.5. The molecule has 12 nitrogen and oxygen atoms in total. The van der Waals surface area contributed by atoms with Crippen molar-refractivity contribution in [3.63, 3.8) is 0 Å². The average Bonchev–Trinajstić information content (AvgIpc) is 3.33. The Morgan fingerprint density at radius 3 is 2.35 bits per heavy atom. The summed E-state index contributed by atoms with van der Waals surface area (Å²) in [5.74, 6) is -0.261. The van der Waals surface area contributed by atoms with Crippen LogP contribution in [-0.4, -0.2) is 74.4 Å². The number of ether oxygens (including phenoxy) is 3. The molecular formula is C36H40N4O8. The summed E-state index contributed by atoms with van der Waals surface area (Å²) in [6.07, 6.45) is 4.36.